The van der Waals surface area contributed by atoms with Gasteiger partial charge in [0.1, 0.15) is 17.5 Å². The van der Waals surface area contributed by atoms with Crippen LogP contribution in [-0.4, -0.2) is 34.9 Å². The molecule has 2 amide bonds. The number of ketones is 1. The minimum Gasteiger partial charge on any atom is -0.493 e. The molecule has 3 aromatic carbocycles. The van der Waals surface area contributed by atoms with Crippen molar-refractivity contribution in [2.75, 3.05) is 17.2 Å². The molecule has 0 spiro atoms. The van der Waals surface area contributed by atoms with E-state index in [1.165, 1.54) is 6.92 Å². The van der Waals surface area contributed by atoms with Gasteiger partial charge in [0.25, 0.3) is 0 Å². The molecule has 1 aliphatic carbocycles. The fourth-order valence-electron chi connectivity index (χ4n) is 5.19. The highest BCUT2D eigenvalue weighted by Crippen LogP contribution is 2.49. The predicted molar refractivity (Wildman–Crippen MR) is 155 cm³/mol. The molecule has 0 aliphatic heterocycles. The SMILES string of the molecule is CCCCOc1ccc(Br)cc1C1C(C(=O)Nc2ccccc2)C(=O)CC(C)(O)C1C(=O)Nc1ccccc1. The molecule has 7 nitrogen and oxygen atoms in total. The molecule has 3 N–H and O–H groups in total. The Balaban J connectivity index is 1.83. The van der Waals surface area contributed by atoms with E-state index in [2.05, 4.69) is 33.5 Å². The zero-order valence-corrected chi connectivity index (χ0v) is 23.6. The maximum atomic E-state index is 13.9. The first-order valence-corrected chi connectivity index (χ1v) is 13.9. The van der Waals surface area contributed by atoms with Gasteiger partial charge in [-0.2, -0.15) is 0 Å². The maximum absolute atomic E-state index is 13.9. The number of unbranched alkanes of at least 4 members (excludes halogenated alkanes) is 1. The zero-order chi connectivity index (χ0) is 28.0. The van der Waals surface area contributed by atoms with Gasteiger partial charge in [0.05, 0.1) is 18.1 Å². The number of halogens is 1. The van der Waals surface area contributed by atoms with Crippen LogP contribution >= 0.6 is 15.9 Å². The highest BCUT2D eigenvalue weighted by atomic mass is 79.9. The number of Topliss-reactive ketones (excluding diaryl/α,β-unsaturated/α-hetero) is 1. The Bertz CT molecular complexity index is 1310. The Hall–Kier alpha value is -3.49. The van der Waals surface area contributed by atoms with Crippen molar-refractivity contribution in [1.82, 2.24) is 0 Å². The van der Waals surface area contributed by atoms with Gasteiger partial charge in [0, 0.05) is 33.7 Å². The number of carbonyl (C=O) groups excluding carboxylic acids is 3. The van der Waals surface area contributed by atoms with Crippen LogP contribution in [0.4, 0.5) is 11.4 Å². The van der Waals surface area contributed by atoms with E-state index in [4.69, 9.17) is 4.74 Å². The van der Waals surface area contributed by atoms with Crippen molar-refractivity contribution in [3.63, 3.8) is 0 Å². The second-order valence-electron chi connectivity index (χ2n) is 10.1. The Morgan fingerprint density at radius 1 is 0.974 bits per heavy atom. The highest BCUT2D eigenvalue weighted by Gasteiger charge is 2.56. The number of hydrogen-bond donors (Lipinski definition) is 3. The van der Waals surface area contributed by atoms with Gasteiger partial charge in [-0.1, -0.05) is 65.7 Å². The van der Waals surface area contributed by atoms with Crippen LogP contribution in [-0.2, 0) is 14.4 Å². The first-order chi connectivity index (χ1) is 18.7. The third kappa shape index (κ3) is 6.75. The van der Waals surface area contributed by atoms with Crippen LogP contribution in [0.25, 0.3) is 0 Å². The lowest BCUT2D eigenvalue weighted by molar-refractivity contribution is -0.150. The minimum atomic E-state index is -1.72. The van der Waals surface area contributed by atoms with Crippen LogP contribution in [0.2, 0.25) is 0 Å². The number of aliphatic hydroxyl groups is 1. The summed E-state index contributed by atoms with van der Waals surface area (Å²) in [5.74, 6) is -4.37. The number of benzene rings is 3. The van der Waals surface area contributed by atoms with Gasteiger partial charge in [0.15, 0.2) is 0 Å². The summed E-state index contributed by atoms with van der Waals surface area (Å²) in [6, 6.07) is 23.1. The lowest BCUT2D eigenvalue weighted by Gasteiger charge is -2.44. The van der Waals surface area contributed by atoms with Crippen molar-refractivity contribution in [3.05, 3.63) is 88.9 Å². The van der Waals surface area contributed by atoms with Crippen LogP contribution in [0.5, 0.6) is 5.75 Å². The van der Waals surface area contributed by atoms with Gasteiger partial charge in [-0.15, -0.1) is 0 Å². The lowest BCUT2D eigenvalue weighted by atomic mass is 9.61. The molecule has 1 aliphatic rings. The van der Waals surface area contributed by atoms with Crippen molar-refractivity contribution in [3.8, 4) is 5.75 Å². The van der Waals surface area contributed by atoms with E-state index in [0.717, 1.165) is 12.8 Å². The maximum Gasteiger partial charge on any atom is 0.235 e. The van der Waals surface area contributed by atoms with E-state index in [0.29, 0.717) is 33.8 Å². The quantitative estimate of drug-likeness (QED) is 0.210. The Morgan fingerprint density at radius 2 is 1.56 bits per heavy atom. The smallest absolute Gasteiger partial charge is 0.235 e. The number of ether oxygens (including phenoxy) is 1. The monoisotopic (exact) mass is 592 g/mol. The third-order valence-electron chi connectivity index (χ3n) is 7.00. The number of carbonyl (C=O) groups is 3. The van der Waals surface area contributed by atoms with Crippen LogP contribution in [0.3, 0.4) is 0 Å². The van der Waals surface area contributed by atoms with Gasteiger partial charge in [-0.3, -0.25) is 14.4 Å². The molecule has 0 radical (unpaired) electrons. The normalized spacial score (nSPS) is 22.7. The van der Waals surface area contributed by atoms with E-state index >= 15 is 0 Å². The summed E-state index contributed by atoms with van der Waals surface area (Å²) >= 11 is 3.51. The molecule has 1 saturated carbocycles. The van der Waals surface area contributed by atoms with Crippen molar-refractivity contribution < 1.29 is 24.2 Å². The number of hydrogen-bond acceptors (Lipinski definition) is 5. The van der Waals surface area contributed by atoms with Gasteiger partial charge in [-0.25, -0.2) is 0 Å². The summed E-state index contributed by atoms with van der Waals surface area (Å²) in [6.07, 6.45) is 1.39. The van der Waals surface area contributed by atoms with Crippen LogP contribution < -0.4 is 15.4 Å². The molecule has 3 aromatic rings. The number of amides is 2. The van der Waals surface area contributed by atoms with Crippen molar-refractivity contribution >= 4 is 44.9 Å². The fourth-order valence-corrected chi connectivity index (χ4v) is 5.57. The molecule has 0 bridgehead atoms. The van der Waals surface area contributed by atoms with E-state index in [1.807, 2.05) is 18.2 Å². The van der Waals surface area contributed by atoms with Crippen LogP contribution in [0, 0.1) is 11.8 Å². The van der Waals surface area contributed by atoms with Gasteiger partial charge in [-0.05, 0) is 55.8 Å². The van der Waals surface area contributed by atoms with E-state index in [1.54, 1.807) is 60.7 Å². The largest absolute Gasteiger partial charge is 0.493 e. The molecule has 0 heterocycles. The highest BCUT2D eigenvalue weighted by molar-refractivity contribution is 9.10. The molecule has 39 heavy (non-hydrogen) atoms. The van der Waals surface area contributed by atoms with Crippen molar-refractivity contribution in [2.45, 2.75) is 44.6 Å². The molecule has 204 valence electrons. The second kappa shape index (κ2) is 12.6. The number of anilines is 2. The Kier molecular flexibility index (Phi) is 9.20. The molecule has 4 unspecified atom stereocenters. The van der Waals surface area contributed by atoms with E-state index in [-0.39, 0.29) is 6.42 Å². The summed E-state index contributed by atoms with van der Waals surface area (Å²) < 4.78 is 6.80. The van der Waals surface area contributed by atoms with Gasteiger partial charge >= 0.3 is 0 Å². The fraction of sp³-hybridized carbons (Fsp3) is 0.323. The van der Waals surface area contributed by atoms with E-state index in [9.17, 15) is 19.5 Å². The van der Waals surface area contributed by atoms with Crippen LogP contribution in [0.15, 0.2) is 83.3 Å². The third-order valence-corrected chi connectivity index (χ3v) is 7.49. The molecular formula is C31H33BrN2O5. The molecule has 0 aromatic heterocycles. The molecule has 1 fully saturated rings. The average Bonchev–Trinajstić information content (AvgIpc) is 2.89. The molecule has 4 rings (SSSR count). The summed E-state index contributed by atoms with van der Waals surface area (Å²) in [4.78, 5) is 41.3. The number of nitrogens with one attached hydrogen (secondary N) is 2. The average molecular weight is 594 g/mol. The molecule has 0 saturated heterocycles. The van der Waals surface area contributed by atoms with Crippen LogP contribution in [0.1, 0.15) is 44.6 Å². The minimum absolute atomic E-state index is 0.344. The topological polar surface area (TPSA) is 105 Å². The number of rotatable bonds is 9. The van der Waals surface area contributed by atoms with Gasteiger partial charge < -0.3 is 20.5 Å². The Morgan fingerprint density at radius 3 is 2.15 bits per heavy atom. The standard InChI is InChI=1S/C31H33BrN2O5/c1-3-4-17-39-25-16-15-20(32)18-23(25)26-27(29(36)33-21-11-7-5-8-12-21)24(35)19-31(2,38)28(26)30(37)34-22-13-9-6-10-14-22/h5-16,18,26-28,38H,3-4,17,19H2,1-2H3,(H,33,36)(H,34,37). The Labute approximate surface area is 237 Å². The summed E-state index contributed by atoms with van der Waals surface area (Å²) in [6.45, 7) is 3.97. The van der Waals surface area contributed by atoms with Gasteiger partial charge in [0.2, 0.25) is 11.8 Å². The van der Waals surface area contributed by atoms with Crippen molar-refractivity contribution in [2.24, 2.45) is 11.8 Å². The number of para-hydroxylation sites is 2. The lowest BCUT2D eigenvalue weighted by Crippen LogP contribution is -2.56. The van der Waals surface area contributed by atoms with E-state index < -0.39 is 41.0 Å². The summed E-state index contributed by atoms with van der Waals surface area (Å²) in [7, 11) is 0. The second-order valence-corrected chi connectivity index (χ2v) is 11.0. The summed E-state index contributed by atoms with van der Waals surface area (Å²) in [5.41, 5.74) is -0.124. The summed E-state index contributed by atoms with van der Waals surface area (Å²) in [5, 5.41) is 17.3. The zero-order valence-electron chi connectivity index (χ0n) is 22.0. The molecule has 8 heteroatoms. The first kappa shape index (κ1) is 28.5. The first-order valence-electron chi connectivity index (χ1n) is 13.1. The van der Waals surface area contributed by atoms with Crippen molar-refractivity contribution in [1.29, 1.82) is 0 Å². The molecule has 4 atom stereocenters. The predicted octanol–water partition coefficient (Wildman–Crippen LogP) is 5.95. The molecular weight excluding hydrogens is 560 g/mol.